The maximum atomic E-state index is 12.2. The maximum Gasteiger partial charge on any atom is 0.225 e. The van der Waals surface area contributed by atoms with E-state index in [1.807, 2.05) is 0 Å². The molecule has 0 saturated carbocycles. The van der Waals surface area contributed by atoms with Crippen molar-refractivity contribution < 1.29 is 4.79 Å². The smallest absolute Gasteiger partial charge is 0.225 e. The van der Waals surface area contributed by atoms with Gasteiger partial charge in [0.25, 0.3) is 0 Å². The van der Waals surface area contributed by atoms with Crippen LogP contribution in [-0.2, 0) is 4.79 Å². The topological polar surface area (TPSA) is 35.6 Å². The van der Waals surface area contributed by atoms with Crippen LogP contribution in [0, 0.1) is 5.92 Å². The van der Waals surface area contributed by atoms with Crippen LogP contribution in [0.5, 0.6) is 0 Å². The summed E-state index contributed by atoms with van der Waals surface area (Å²) in [6.45, 7) is 9.25. The summed E-state index contributed by atoms with van der Waals surface area (Å²) in [6.07, 6.45) is 2.04. The standard InChI is InChI=1S/C12H23N3O/c1-2-14-7-9-15(10-8-14)12(16)11-3-5-13-6-4-11/h11,13H,2-10H2,1H3. The summed E-state index contributed by atoms with van der Waals surface area (Å²) in [5.41, 5.74) is 0. The third-order valence-corrected chi connectivity index (χ3v) is 3.82. The first-order valence-electron chi connectivity index (χ1n) is 6.53. The van der Waals surface area contributed by atoms with Crippen molar-refractivity contribution in [1.82, 2.24) is 15.1 Å². The first kappa shape index (κ1) is 11.9. The van der Waals surface area contributed by atoms with Crippen molar-refractivity contribution in [2.24, 2.45) is 5.92 Å². The number of nitrogens with one attached hydrogen (secondary N) is 1. The zero-order valence-electron chi connectivity index (χ0n) is 10.2. The van der Waals surface area contributed by atoms with E-state index in [-0.39, 0.29) is 5.92 Å². The Bertz CT molecular complexity index is 230. The molecular weight excluding hydrogens is 202 g/mol. The van der Waals surface area contributed by atoms with Gasteiger partial charge in [-0.2, -0.15) is 0 Å². The van der Waals surface area contributed by atoms with E-state index in [9.17, 15) is 4.79 Å². The fourth-order valence-electron chi connectivity index (χ4n) is 2.61. The molecule has 2 rings (SSSR count). The second kappa shape index (κ2) is 5.64. The van der Waals surface area contributed by atoms with Gasteiger partial charge in [-0.1, -0.05) is 6.92 Å². The molecule has 0 bridgehead atoms. The molecule has 0 spiro atoms. The highest BCUT2D eigenvalue weighted by molar-refractivity contribution is 5.79. The molecule has 2 saturated heterocycles. The average Bonchev–Trinajstić information content (AvgIpc) is 2.39. The summed E-state index contributed by atoms with van der Waals surface area (Å²) in [6, 6.07) is 0. The Labute approximate surface area is 98.0 Å². The summed E-state index contributed by atoms with van der Waals surface area (Å²) in [5.74, 6) is 0.687. The highest BCUT2D eigenvalue weighted by Crippen LogP contribution is 2.16. The van der Waals surface area contributed by atoms with Crippen LogP contribution in [0.3, 0.4) is 0 Å². The molecule has 1 N–H and O–H groups in total. The van der Waals surface area contributed by atoms with Crippen molar-refractivity contribution in [3.05, 3.63) is 0 Å². The van der Waals surface area contributed by atoms with Crippen LogP contribution in [0.15, 0.2) is 0 Å². The third-order valence-electron chi connectivity index (χ3n) is 3.82. The molecule has 16 heavy (non-hydrogen) atoms. The molecule has 2 aliphatic heterocycles. The fraction of sp³-hybridized carbons (Fsp3) is 0.917. The normalized spacial score (nSPS) is 24.7. The summed E-state index contributed by atoms with van der Waals surface area (Å²) in [5, 5.41) is 3.31. The minimum absolute atomic E-state index is 0.287. The summed E-state index contributed by atoms with van der Waals surface area (Å²) in [7, 11) is 0. The van der Waals surface area contributed by atoms with Crippen LogP contribution in [0.1, 0.15) is 19.8 Å². The molecule has 2 aliphatic rings. The number of carbonyl (C=O) groups is 1. The lowest BCUT2D eigenvalue weighted by molar-refractivity contribution is -0.138. The van der Waals surface area contributed by atoms with Gasteiger partial charge in [0.05, 0.1) is 0 Å². The Morgan fingerprint density at radius 2 is 1.81 bits per heavy atom. The van der Waals surface area contributed by atoms with Crippen molar-refractivity contribution in [2.75, 3.05) is 45.8 Å². The van der Waals surface area contributed by atoms with Gasteiger partial charge in [-0.15, -0.1) is 0 Å². The molecule has 2 heterocycles. The number of carbonyl (C=O) groups excluding carboxylic acids is 1. The number of amides is 1. The number of hydrogen-bond donors (Lipinski definition) is 1. The number of piperazine rings is 1. The second-order valence-corrected chi connectivity index (χ2v) is 4.78. The molecule has 2 fully saturated rings. The van der Waals surface area contributed by atoms with Gasteiger partial charge in [-0.25, -0.2) is 0 Å². The van der Waals surface area contributed by atoms with Crippen molar-refractivity contribution in [3.8, 4) is 0 Å². The number of hydrogen-bond acceptors (Lipinski definition) is 3. The van der Waals surface area contributed by atoms with Crippen LogP contribution in [0.4, 0.5) is 0 Å². The molecule has 92 valence electrons. The minimum Gasteiger partial charge on any atom is -0.340 e. The van der Waals surface area contributed by atoms with Crippen LogP contribution >= 0.6 is 0 Å². The van der Waals surface area contributed by atoms with Crippen molar-refractivity contribution >= 4 is 5.91 Å². The van der Waals surface area contributed by atoms with E-state index in [0.717, 1.165) is 58.7 Å². The van der Waals surface area contributed by atoms with Gasteiger partial charge < -0.3 is 15.1 Å². The lowest BCUT2D eigenvalue weighted by Gasteiger charge is -2.36. The average molecular weight is 225 g/mol. The van der Waals surface area contributed by atoms with E-state index in [2.05, 4.69) is 22.0 Å². The van der Waals surface area contributed by atoms with E-state index >= 15 is 0 Å². The molecular formula is C12H23N3O. The second-order valence-electron chi connectivity index (χ2n) is 4.78. The molecule has 0 aromatic heterocycles. The van der Waals surface area contributed by atoms with Crippen molar-refractivity contribution in [2.45, 2.75) is 19.8 Å². The van der Waals surface area contributed by atoms with Gasteiger partial charge in [0, 0.05) is 32.1 Å². The molecule has 0 atom stereocenters. The highest BCUT2D eigenvalue weighted by Gasteiger charge is 2.27. The first-order chi connectivity index (χ1) is 7.81. The Morgan fingerprint density at radius 1 is 1.19 bits per heavy atom. The molecule has 1 amide bonds. The highest BCUT2D eigenvalue weighted by atomic mass is 16.2. The summed E-state index contributed by atoms with van der Waals surface area (Å²) < 4.78 is 0. The van der Waals surface area contributed by atoms with E-state index in [1.54, 1.807) is 0 Å². The fourth-order valence-corrected chi connectivity index (χ4v) is 2.61. The Morgan fingerprint density at radius 3 is 2.38 bits per heavy atom. The monoisotopic (exact) mass is 225 g/mol. The van der Waals surface area contributed by atoms with E-state index < -0.39 is 0 Å². The molecule has 0 aromatic carbocycles. The number of nitrogens with zero attached hydrogens (tertiary/aromatic N) is 2. The van der Waals surface area contributed by atoms with E-state index in [0.29, 0.717) is 5.91 Å². The minimum atomic E-state index is 0.287. The van der Waals surface area contributed by atoms with Gasteiger partial charge in [0.2, 0.25) is 5.91 Å². The van der Waals surface area contributed by atoms with Crippen LogP contribution in [0.25, 0.3) is 0 Å². The van der Waals surface area contributed by atoms with Gasteiger partial charge in [0.15, 0.2) is 0 Å². The molecule has 0 aromatic rings. The van der Waals surface area contributed by atoms with Crippen LogP contribution in [0.2, 0.25) is 0 Å². The molecule has 4 nitrogen and oxygen atoms in total. The number of piperidine rings is 1. The zero-order valence-corrected chi connectivity index (χ0v) is 10.2. The SMILES string of the molecule is CCN1CCN(C(=O)C2CCNCC2)CC1. The van der Waals surface area contributed by atoms with Crippen molar-refractivity contribution in [1.29, 1.82) is 0 Å². The molecule has 0 aliphatic carbocycles. The predicted octanol–water partition coefficient (Wildman–Crippen LogP) is 0.150. The Balaban J connectivity index is 1.81. The number of rotatable bonds is 2. The summed E-state index contributed by atoms with van der Waals surface area (Å²) >= 11 is 0. The van der Waals surface area contributed by atoms with Gasteiger partial charge >= 0.3 is 0 Å². The lowest BCUT2D eigenvalue weighted by atomic mass is 9.96. The van der Waals surface area contributed by atoms with E-state index in [4.69, 9.17) is 0 Å². The number of likely N-dealkylation sites (N-methyl/N-ethyl adjacent to an activating group) is 1. The zero-order chi connectivity index (χ0) is 11.4. The lowest BCUT2D eigenvalue weighted by Crippen LogP contribution is -2.51. The quantitative estimate of drug-likeness (QED) is 0.726. The Hall–Kier alpha value is -0.610. The summed E-state index contributed by atoms with van der Waals surface area (Å²) in [4.78, 5) is 16.7. The largest absolute Gasteiger partial charge is 0.340 e. The third kappa shape index (κ3) is 2.74. The van der Waals surface area contributed by atoms with Crippen molar-refractivity contribution in [3.63, 3.8) is 0 Å². The Kier molecular flexibility index (Phi) is 4.18. The van der Waals surface area contributed by atoms with Gasteiger partial charge in [0.1, 0.15) is 0 Å². The molecule has 0 unspecified atom stereocenters. The molecule has 0 radical (unpaired) electrons. The maximum absolute atomic E-state index is 12.2. The van der Waals surface area contributed by atoms with Crippen LogP contribution < -0.4 is 5.32 Å². The predicted molar refractivity (Wildman–Crippen MR) is 64.3 cm³/mol. The first-order valence-corrected chi connectivity index (χ1v) is 6.53. The van der Waals surface area contributed by atoms with Crippen LogP contribution in [-0.4, -0.2) is 61.5 Å². The van der Waals surface area contributed by atoms with E-state index in [1.165, 1.54) is 0 Å². The van der Waals surface area contributed by atoms with Gasteiger partial charge in [-0.05, 0) is 32.5 Å². The molecule has 4 heteroatoms. The van der Waals surface area contributed by atoms with Gasteiger partial charge in [-0.3, -0.25) is 4.79 Å².